The Morgan fingerprint density at radius 3 is 2.57 bits per heavy atom. The fourth-order valence-corrected chi connectivity index (χ4v) is 2.81. The molecule has 1 aliphatic carbocycles. The summed E-state index contributed by atoms with van der Waals surface area (Å²) in [5.74, 6) is 0. The Kier molecular flexibility index (Phi) is 5.44. The third-order valence-corrected chi connectivity index (χ3v) is 4.17. The maximum absolute atomic E-state index is 11.9. The van der Waals surface area contributed by atoms with Gasteiger partial charge >= 0.3 is 6.03 Å². The Balaban J connectivity index is 1.72. The van der Waals surface area contributed by atoms with E-state index >= 15 is 0 Å². The van der Waals surface area contributed by atoms with E-state index in [1.807, 2.05) is 37.4 Å². The van der Waals surface area contributed by atoms with Gasteiger partial charge in [0.2, 0.25) is 0 Å². The number of hydrogen-bond donors (Lipinski definition) is 3. The van der Waals surface area contributed by atoms with E-state index in [0.717, 1.165) is 37.9 Å². The molecule has 0 spiro atoms. The molecule has 1 aromatic rings. The molecule has 21 heavy (non-hydrogen) atoms. The average Bonchev–Trinajstić information content (AvgIpc) is 2.97. The highest BCUT2D eigenvalue weighted by Gasteiger charge is 2.34. The van der Waals surface area contributed by atoms with E-state index in [0.29, 0.717) is 6.54 Å². The molecular weight excluding hydrogens is 266 g/mol. The minimum absolute atomic E-state index is 0.0182. The van der Waals surface area contributed by atoms with Crippen LogP contribution in [-0.2, 0) is 0 Å². The normalized spacial score (nSPS) is 16.5. The monoisotopic (exact) mass is 291 g/mol. The van der Waals surface area contributed by atoms with Crippen LogP contribution in [0.4, 0.5) is 10.5 Å². The van der Waals surface area contributed by atoms with Gasteiger partial charge in [0, 0.05) is 25.8 Å². The van der Waals surface area contributed by atoms with Crippen molar-refractivity contribution in [3.8, 4) is 0 Å². The van der Waals surface area contributed by atoms with Crippen LogP contribution in [-0.4, -0.2) is 43.4 Å². The molecule has 5 nitrogen and oxygen atoms in total. The molecule has 0 saturated heterocycles. The van der Waals surface area contributed by atoms with E-state index in [1.54, 1.807) is 0 Å². The van der Waals surface area contributed by atoms with Gasteiger partial charge in [-0.1, -0.05) is 31.0 Å². The summed E-state index contributed by atoms with van der Waals surface area (Å²) in [7, 11) is 2.00. The van der Waals surface area contributed by atoms with Crippen LogP contribution in [0.15, 0.2) is 30.3 Å². The number of aliphatic hydroxyl groups excluding tert-OH is 1. The number of urea groups is 1. The quantitative estimate of drug-likeness (QED) is 0.748. The number of carbonyl (C=O) groups excluding carboxylic acids is 1. The number of anilines is 1. The van der Waals surface area contributed by atoms with Gasteiger partial charge in [0.15, 0.2) is 0 Å². The second kappa shape index (κ2) is 7.31. The number of amides is 2. The smallest absolute Gasteiger partial charge is 0.315 e. The van der Waals surface area contributed by atoms with E-state index < -0.39 is 5.54 Å². The van der Waals surface area contributed by atoms with Crippen molar-refractivity contribution in [3.63, 3.8) is 0 Å². The third-order valence-electron chi connectivity index (χ3n) is 4.17. The lowest BCUT2D eigenvalue weighted by Crippen LogP contribution is -2.53. The first kappa shape index (κ1) is 15.6. The molecule has 0 unspecified atom stereocenters. The van der Waals surface area contributed by atoms with Crippen LogP contribution in [0.25, 0.3) is 0 Å². The molecule has 1 fully saturated rings. The summed E-state index contributed by atoms with van der Waals surface area (Å²) in [6, 6.07) is 9.87. The Morgan fingerprint density at radius 2 is 1.95 bits per heavy atom. The van der Waals surface area contributed by atoms with Crippen LogP contribution >= 0.6 is 0 Å². The summed E-state index contributed by atoms with van der Waals surface area (Å²) in [5.41, 5.74) is 0.720. The second-order valence-electron chi connectivity index (χ2n) is 5.78. The van der Waals surface area contributed by atoms with Crippen LogP contribution in [0, 0.1) is 0 Å². The molecule has 1 aromatic carbocycles. The fraction of sp³-hybridized carbons (Fsp3) is 0.562. The van der Waals surface area contributed by atoms with Crippen molar-refractivity contribution in [3.05, 3.63) is 30.3 Å². The number of aliphatic hydroxyl groups is 1. The van der Waals surface area contributed by atoms with E-state index in [4.69, 9.17) is 0 Å². The number of hydrogen-bond acceptors (Lipinski definition) is 3. The first-order valence-corrected chi connectivity index (χ1v) is 7.58. The van der Waals surface area contributed by atoms with E-state index in [2.05, 4.69) is 15.5 Å². The average molecular weight is 291 g/mol. The minimum Gasteiger partial charge on any atom is -0.394 e. The van der Waals surface area contributed by atoms with Gasteiger partial charge in [0.1, 0.15) is 0 Å². The molecule has 2 rings (SSSR count). The molecule has 1 aliphatic rings. The zero-order valence-corrected chi connectivity index (χ0v) is 12.6. The van der Waals surface area contributed by atoms with Crippen molar-refractivity contribution in [2.75, 3.05) is 31.6 Å². The molecule has 0 atom stereocenters. The van der Waals surface area contributed by atoms with E-state index in [9.17, 15) is 9.90 Å². The number of benzene rings is 1. The van der Waals surface area contributed by atoms with Gasteiger partial charge in [-0.2, -0.15) is 0 Å². The molecule has 5 heteroatoms. The SMILES string of the molecule is CN(CCNC(=O)NC1(CO)CCCC1)c1ccccc1. The zero-order valence-electron chi connectivity index (χ0n) is 12.6. The largest absolute Gasteiger partial charge is 0.394 e. The molecule has 0 bridgehead atoms. The summed E-state index contributed by atoms with van der Waals surface area (Å²) >= 11 is 0. The number of para-hydroxylation sites is 1. The van der Waals surface area contributed by atoms with E-state index in [-0.39, 0.29) is 12.6 Å². The Bertz CT molecular complexity index is 444. The lowest BCUT2D eigenvalue weighted by molar-refractivity contribution is 0.163. The summed E-state index contributed by atoms with van der Waals surface area (Å²) in [5, 5.41) is 15.3. The Hall–Kier alpha value is -1.75. The highest BCUT2D eigenvalue weighted by atomic mass is 16.3. The van der Waals surface area contributed by atoms with Crippen molar-refractivity contribution in [1.82, 2.24) is 10.6 Å². The Morgan fingerprint density at radius 1 is 1.29 bits per heavy atom. The topological polar surface area (TPSA) is 64.6 Å². The molecule has 0 heterocycles. The second-order valence-corrected chi connectivity index (χ2v) is 5.78. The molecule has 0 radical (unpaired) electrons. The first-order chi connectivity index (χ1) is 10.2. The van der Waals surface area contributed by atoms with Crippen LogP contribution in [0.1, 0.15) is 25.7 Å². The predicted octanol–water partition coefficient (Wildman–Crippen LogP) is 1.73. The number of nitrogens with one attached hydrogen (secondary N) is 2. The maximum atomic E-state index is 11.9. The van der Waals surface area contributed by atoms with Crippen LogP contribution in [0.2, 0.25) is 0 Å². The van der Waals surface area contributed by atoms with Crippen molar-refractivity contribution < 1.29 is 9.90 Å². The van der Waals surface area contributed by atoms with E-state index in [1.165, 1.54) is 0 Å². The fourth-order valence-electron chi connectivity index (χ4n) is 2.81. The van der Waals surface area contributed by atoms with Crippen LogP contribution in [0.3, 0.4) is 0 Å². The van der Waals surface area contributed by atoms with Crippen molar-refractivity contribution in [2.24, 2.45) is 0 Å². The standard InChI is InChI=1S/C16H25N3O2/c1-19(14-7-3-2-4-8-14)12-11-17-15(21)18-16(13-20)9-5-6-10-16/h2-4,7-8,20H,5-6,9-13H2,1H3,(H2,17,18,21). The molecule has 116 valence electrons. The van der Waals surface area contributed by atoms with Gasteiger partial charge in [-0.15, -0.1) is 0 Å². The van der Waals surface area contributed by atoms with Crippen LogP contribution in [0.5, 0.6) is 0 Å². The molecule has 0 aliphatic heterocycles. The third kappa shape index (κ3) is 4.36. The summed E-state index contributed by atoms with van der Waals surface area (Å²) in [6.07, 6.45) is 3.86. The van der Waals surface area contributed by atoms with Gasteiger partial charge < -0.3 is 20.6 Å². The lowest BCUT2D eigenvalue weighted by Gasteiger charge is -2.28. The highest BCUT2D eigenvalue weighted by Crippen LogP contribution is 2.28. The predicted molar refractivity (Wildman–Crippen MR) is 84.5 cm³/mol. The van der Waals surface area contributed by atoms with Crippen molar-refractivity contribution in [1.29, 1.82) is 0 Å². The minimum atomic E-state index is -0.407. The number of nitrogens with zero attached hydrogens (tertiary/aromatic N) is 1. The van der Waals surface area contributed by atoms with Gasteiger partial charge in [-0.25, -0.2) is 4.79 Å². The summed E-state index contributed by atoms with van der Waals surface area (Å²) < 4.78 is 0. The molecule has 3 N–H and O–H groups in total. The lowest BCUT2D eigenvalue weighted by atomic mass is 9.99. The summed E-state index contributed by atoms with van der Waals surface area (Å²) in [6.45, 7) is 1.33. The van der Waals surface area contributed by atoms with Gasteiger partial charge in [0.25, 0.3) is 0 Å². The van der Waals surface area contributed by atoms with Gasteiger partial charge in [-0.05, 0) is 25.0 Å². The van der Waals surface area contributed by atoms with Gasteiger partial charge in [-0.3, -0.25) is 0 Å². The first-order valence-electron chi connectivity index (χ1n) is 7.58. The van der Waals surface area contributed by atoms with Crippen molar-refractivity contribution >= 4 is 11.7 Å². The molecule has 1 saturated carbocycles. The highest BCUT2D eigenvalue weighted by molar-refractivity contribution is 5.74. The van der Waals surface area contributed by atoms with Crippen LogP contribution < -0.4 is 15.5 Å². The summed E-state index contributed by atoms with van der Waals surface area (Å²) in [4.78, 5) is 14.0. The van der Waals surface area contributed by atoms with Crippen molar-refractivity contribution in [2.45, 2.75) is 31.2 Å². The molecular formula is C16H25N3O2. The Labute approximate surface area is 126 Å². The number of likely N-dealkylation sites (N-methyl/N-ethyl adjacent to an activating group) is 1. The zero-order chi connectivity index (χ0) is 15.1. The molecule has 2 amide bonds. The maximum Gasteiger partial charge on any atom is 0.315 e. The van der Waals surface area contributed by atoms with Gasteiger partial charge in [0.05, 0.1) is 12.1 Å². The molecule has 0 aromatic heterocycles. The number of carbonyl (C=O) groups is 1. The number of rotatable bonds is 6.